The molecular weight excluding hydrogens is 266 g/mol. The Labute approximate surface area is 123 Å². The summed E-state index contributed by atoms with van der Waals surface area (Å²) in [5.74, 6) is 0. The summed E-state index contributed by atoms with van der Waals surface area (Å²) in [4.78, 5) is 0. The molecule has 0 spiro atoms. The lowest BCUT2D eigenvalue weighted by atomic mass is 9.97. The summed E-state index contributed by atoms with van der Waals surface area (Å²) in [6, 6.07) is 11.6. The van der Waals surface area contributed by atoms with E-state index in [1.807, 2.05) is 11.3 Å². The molecule has 0 amide bonds. The van der Waals surface area contributed by atoms with Crippen LogP contribution in [0.3, 0.4) is 0 Å². The second kappa shape index (κ2) is 4.93. The molecule has 1 heterocycles. The summed E-state index contributed by atoms with van der Waals surface area (Å²) in [6.45, 7) is 1.04. The lowest BCUT2D eigenvalue weighted by Crippen LogP contribution is -2.19. The number of nitrogens with one attached hydrogen (secondary N) is 1. The molecule has 104 valence electrons. The molecular formula is C16H19N3S. The zero-order chi connectivity index (χ0) is 13.4. The van der Waals surface area contributed by atoms with Gasteiger partial charge in [-0.3, -0.25) is 0 Å². The Bertz CT molecular complexity index is 585. The van der Waals surface area contributed by atoms with Gasteiger partial charge in [0.2, 0.25) is 0 Å². The second-order valence-corrected chi connectivity index (χ2v) is 6.99. The third kappa shape index (κ3) is 2.38. The Kier molecular flexibility index (Phi) is 3.08. The van der Waals surface area contributed by atoms with E-state index >= 15 is 0 Å². The zero-order valence-electron chi connectivity index (χ0n) is 11.5. The average molecular weight is 285 g/mol. The quantitative estimate of drug-likeness (QED) is 0.887. The molecule has 1 aromatic carbocycles. The highest BCUT2D eigenvalue weighted by Gasteiger charge is 2.48. The molecule has 0 radical (unpaired) electrons. The van der Waals surface area contributed by atoms with E-state index in [0.29, 0.717) is 0 Å². The van der Waals surface area contributed by atoms with Gasteiger partial charge in [-0.15, -0.1) is 21.5 Å². The van der Waals surface area contributed by atoms with Gasteiger partial charge in [0, 0.05) is 24.4 Å². The summed E-state index contributed by atoms with van der Waals surface area (Å²) < 4.78 is 0. The van der Waals surface area contributed by atoms with Crippen LogP contribution in [-0.2, 0) is 11.8 Å². The molecule has 1 aromatic heterocycles. The van der Waals surface area contributed by atoms with E-state index in [4.69, 9.17) is 0 Å². The number of nitrogens with zero attached hydrogens (tertiary/aromatic N) is 2. The number of aromatic nitrogens is 2. The minimum Gasteiger partial charge on any atom is -0.314 e. The Hall–Kier alpha value is -1.26. The largest absolute Gasteiger partial charge is 0.314 e. The normalized spacial score (nSPS) is 20.0. The molecule has 0 saturated heterocycles. The van der Waals surface area contributed by atoms with Crippen LogP contribution < -0.4 is 5.32 Å². The minimum absolute atomic E-state index is 0.182. The third-order valence-electron chi connectivity index (χ3n) is 4.30. The lowest BCUT2D eigenvalue weighted by Gasteiger charge is -2.11. The summed E-state index contributed by atoms with van der Waals surface area (Å²) >= 11 is 1.81. The van der Waals surface area contributed by atoms with Crippen LogP contribution in [0.5, 0.6) is 0 Å². The van der Waals surface area contributed by atoms with E-state index in [1.54, 1.807) is 0 Å². The topological polar surface area (TPSA) is 37.8 Å². The molecule has 0 bridgehead atoms. The van der Waals surface area contributed by atoms with Crippen LogP contribution in [0.25, 0.3) is 0 Å². The first-order chi connectivity index (χ1) is 9.87. The molecule has 0 aliphatic heterocycles. The highest BCUT2D eigenvalue weighted by atomic mass is 32.1. The van der Waals surface area contributed by atoms with Crippen molar-refractivity contribution in [2.45, 2.75) is 43.6 Å². The third-order valence-corrected chi connectivity index (χ3v) is 5.49. The van der Waals surface area contributed by atoms with Crippen LogP contribution in [0.4, 0.5) is 0 Å². The maximum absolute atomic E-state index is 4.48. The molecule has 2 saturated carbocycles. The van der Waals surface area contributed by atoms with E-state index in [1.165, 1.54) is 41.3 Å². The van der Waals surface area contributed by atoms with Crippen LogP contribution in [0, 0.1) is 0 Å². The van der Waals surface area contributed by atoms with Gasteiger partial charge < -0.3 is 5.32 Å². The average Bonchev–Trinajstić information content (AvgIpc) is 3.41. The lowest BCUT2D eigenvalue weighted by molar-refractivity contribution is 0.676. The number of hydrogen-bond acceptors (Lipinski definition) is 4. The van der Waals surface area contributed by atoms with Crippen molar-refractivity contribution in [3.63, 3.8) is 0 Å². The first-order valence-electron chi connectivity index (χ1n) is 7.49. The highest BCUT2D eigenvalue weighted by molar-refractivity contribution is 7.11. The van der Waals surface area contributed by atoms with Crippen molar-refractivity contribution in [3.05, 3.63) is 45.9 Å². The predicted octanol–water partition coefficient (Wildman–Crippen LogP) is 2.91. The van der Waals surface area contributed by atoms with Gasteiger partial charge in [0.1, 0.15) is 10.0 Å². The van der Waals surface area contributed by atoms with Crippen LogP contribution in [0.1, 0.15) is 41.3 Å². The minimum atomic E-state index is 0.182. The van der Waals surface area contributed by atoms with Crippen molar-refractivity contribution in [1.29, 1.82) is 0 Å². The Morgan fingerprint density at radius 1 is 1.15 bits per heavy atom. The van der Waals surface area contributed by atoms with Gasteiger partial charge in [-0.2, -0.15) is 0 Å². The van der Waals surface area contributed by atoms with E-state index in [0.717, 1.165) is 19.0 Å². The van der Waals surface area contributed by atoms with Crippen molar-refractivity contribution in [2.75, 3.05) is 6.54 Å². The van der Waals surface area contributed by atoms with E-state index in [2.05, 4.69) is 45.8 Å². The van der Waals surface area contributed by atoms with Crippen molar-refractivity contribution < 1.29 is 0 Å². The molecule has 1 N–H and O–H groups in total. The molecule has 0 unspecified atom stereocenters. The maximum atomic E-state index is 4.48. The first-order valence-corrected chi connectivity index (χ1v) is 8.30. The fraction of sp³-hybridized carbons (Fsp3) is 0.500. The summed E-state index contributed by atoms with van der Waals surface area (Å²) in [5, 5.41) is 14.8. The summed E-state index contributed by atoms with van der Waals surface area (Å²) in [5.41, 5.74) is 1.58. The second-order valence-electron chi connectivity index (χ2n) is 5.93. The Morgan fingerprint density at radius 3 is 2.65 bits per heavy atom. The van der Waals surface area contributed by atoms with E-state index < -0.39 is 0 Å². The number of rotatable bonds is 6. The molecule has 2 aromatic rings. The standard InChI is InChI=1S/C16H19N3S/c1-2-4-12(5-3-1)16(9-10-16)15-19-18-14(20-15)8-11-17-13-6-7-13/h1-5,13,17H,6-11H2. The molecule has 3 nitrogen and oxygen atoms in total. The smallest absolute Gasteiger partial charge is 0.128 e. The van der Waals surface area contributed by atoms with Gasteiger partial charge in [-0.05, 0) is 31.2 Å². The van der Waals surface area contributed by atoms with Gasteiger partial charge >= 0.3 is 0 Å². The summed E-state index contributed by atoms with van der Waals surface area (Å²) in [7, 11) is 0. The van der Waals surface area contributed by atoms with Crippen molar-refractivity contribution in [1.82, 2.24) is 15.5 Å². The Morgan fingerprint density at radius 2 is 1.95 bits per heavy atom. The van der Waals surface area contributed by atoms with Crippen molar-refractivity contribution in [3.8, 4) is 0 Å². The number of benzene rings is 1. The first kappa shape index (κ1) is 12.5. The predicted molar refractivity (Wildman–Crippen MR) is 81.1 cm³/mol. The van der Waals surface area contributed by atoms with Crippen LogP contribution in [0.15, 0.2) is 30.3 Å². The zero-order valence-corrected chi connectivity index (χ0v) is 12.3. The Balaban J connectivity index is 1.47. The van der Waals surface area contributed by atoms with Gasteiger partial charge in [0.15, 0.2) is 0 Å². The van der Waals surface area contributed by atoms with Crippen LogP contribution in [-0.4, -0.2) is 22.8 Å². The van der Waals surface area contributed by atoms with E-state index in [9.17, 15) is 0 Å². The fourth-order valence-corrected chi connectivity index (χ4v) is 3.83. The van der Waals surface area contributed by atoms with Gasteiger partial charge in [-0.25, -0.2) is 0 Å². The highest BCUT2D eigenvalue weighted by Crippen LogP contribution is 2.54. The molecule has 4 rings (SSSR count). The maximum Gasteiger partial charge on any atom is 0.128 e. The van der Waals surface area contributed by atoms with E-state index in [-0.39, 0.29) is 5.41 Å². The van der Waals surface area contributed by atoms with Crippen LogP contribution in [0.2, 0.25) is 0 Å². The molecule has 20 heavy (non-hydrogen) atoms. The SMILES string of the molecule is c1ccc(C2(c3nnc(CCNC4CC4)s3)CC2)cc1. The fourth-order valence-electron chi connectivity index (χ4n) is 2.73. The van der Waals surface area contributed by atoms with Gasteiger partial charge in [0.25, 0.3) is 0 Å². The van der Waals surface area contributed by atoms with Crippen molar-refractivity contribution in [2.24, 2.45) is 0 Å². The summed E-state index contributed by atoms with van der Waals surface area (Å²) in [6.07, 6.45) is 6.13. The number of hydrogen-bond donors (Lipinski definition) is 1. The van der Waals surface area contributed by atoms with Crippen LogP contribution >= 0.6 is 11.3 Å². The van der Waals surface area contributed by atoms with Crippen molar-refractivity contribution >= 4 is 11.3 Å². The molecule has 4 heteroatoms. The molecule has 0 atom stereocenters. The monoisotopic (exact) mass is 285 g/mol. The van der Waals surface area contributed by atoms with Gasteiger partial charge in [0.05, 0.1) is 0 Å². The molecule has 2 aliphatic rings. The molecule has 2 aliphatic carbocycles. The van der Waals surface area contributed by atoms with Gasteiger partial charge in [-0.1, -0.05) is 30.3 Å². The molecule has 2 fully saturated rings.